The number of para-hydroxylation sites is 2. The standard InChI is InChI=1S/C26H23FN4O/c1-31-23-13-7-4-10-20(23)26(19-9-2-5-11-21(19)27)29-16-24(31)30-25(32)14-17-15-28-22-12-6-3-8-18(17)22/h2-13,15,24,28H,14,16H2,1H3,(H,30,32). The topological polar surface area (TPSA) is 60.5 Å². The van der Waals surface area contributed by atoms with Gasteiger partial charge in [0, 0.05) is 41.0 Å². The number of fused-ring (bicyclic) bond motifs is 2. The molecule has 1 aromatic heterocycles. The van der Waals surface area contributed by atoms with E-state index in [0.717, 1.165) is 27.7 Å². The normalized spacial score (nSPS) is 15.8. The van der Waals surface area contributed by atoms with Crippen molar-refractivity contribution in [2.24, 2.45) is 4.99 Å². The second-order valence-electron chi connectivity index (χ2n) is 7.92. The first-order valence-electron chi connectivity index (χ1n) is 10.6. The fourth-order valence-electron chi connectivity index (χ4n) is 4.25. The number of benzodiazepines with no additional fused rings is 1. The van der Waals surface area contributed by atoms with Crippen molar-refractivity contribution in [1.29, 1.82) is 0 Å². The number of aromatic amines is 1. The smallest absolute Gasteiger partial charge is 0.226 e. The molecule has 0 saturated heterocycles. The van der Waals surface area contributed by atoms with E-state index in [9.17, 15) is 9.18 Å². The molecule has 3 aromatic carbocycles. The van der Waals surface area contributed by atoms with Gasteiger partial charge in [-0.15, -0.1) is 0 Å². The van der Waals surface area contributed by atoms with Crippen molar-refractivity contribution >= 4 is 28.2 Å². The molecule has 0 aliphatic carbocycles. The lowest BCUT2D eigenvalue weighted by atomic mass is 10.00. The number of aromatic nitrogens is 1. The van der Waals surface area contributed by atoms with Gasteiger partial charge in [0.05, 0.1) is 18.7 Å². The first-order valence-corrected chi connectivity index (χ1v) is 10.6. The SMILES string of the molecule is CN1c2ccccc2C(c2ccccc2F)=NCC1NC(=O)Cc1c[nH]c2ccccc12. The predicted molar refractivity (Wildman–Crippen MR) is 126 cm³/mol. The van der Waals surface area contributed by atoms with Gasteiger partial charge in [0.25, 0.3) is 0 Å². The molecule has 4 aromatic rings. The Morgan fingerprint density at radius 2 is 1.78 bits per heavy atom. The molecule has 0 bridgehead atoms. The van der Waals surface area contributed by atoms with Crippen molar-refractivity contribution in [1.82, 2.24) is 10.3 Å². The Labute approximate surface area is 185 Å². The Kier molecular flexibility index (Phi) is 5.19. The highest BCUT2D eigenvalue weighted by molar-refractivity contribution is 6.16. The number of benzene rings is 3. The number of carbonyl (C=O) groups is 1. The number of likely N-dealkylation sites (N-methyl/N-ethyl adjacent to an activating group) is 1. The number of aliphatic imine (C=N–C) groups is 1. The fourth-order valence-corrected chi connectivity index (χ4v) is 4.25. The number of anilines is 1. The first kappa shape index (κ1) is 20.0. The Hall–Kier alpha value is -3.93. The van der Waals surface area contributed by atoms with Crippen LogP contribution in [-0.2, 0) is 11.2 Å². The van der Waals surface area contributed by atoms with E-state index in [4.69, 9.17) is 4.99 Å². The number of nitrogens with zero attached hydrogens (tertiary/aromatic N) is 2. The Balaban J connectivity index is 1.43. The van der Waals surface area contributed by atoms with Gasteiger partial charge < -0.3 is 15.2 Å². The maximum atomic E-state index is 14.6. The molecule has 0 spiro atoms. The van der Waals surface area contributed by atoms with E-state index in [-0.39, 0.29) is 24.3 Å². The van der Waals surface area contributed by atoms with E-state index >= 15 is 0 Å². The molecule has 0 saturated carbocycles. The van der Waals surface area contributed by atoms with Crippen LogP contribution in [0.1, 0.15) is 16.7 Å². The van der Waals surface area contributed by atoms with Crippen molar-refractivity contribution in [3.8, 4) is 0 Å². The Bertz CT molecular complexity index is 1330. The van der Waals surface area contributed by atoms with Crippen LogP contribution in [0.2, 0.25) is 0 Å². The van der Waals surface area contributed by atoms with E-state index in [1.165, 1.54) is 6.07 Å². The summed E-state index contributed by atoms with van der Waals surface area (Å²) in [6, 6.07) is 22.3. The minimum atomic E-state index is -0.349. The summed E-state index contributed by atoms with van der Waals surface area (Å²) >= 11 is 0. The van der Waals surface area contributed by atoms with Gasteiger partial charge in [-0.05, 0) is 29.8 Å². The molecule has 5 rings (SSSR count). The number of H-pyrrole nitrogens is 1. The van der Waals surface area contributed by atoms with E-state index < -0.39 is 0 Å². The second-order valence-corrected chi connectivity index (χ2v) is 7.92. The van der Waals surface area contributed by atoms with Gasteiger partial charge in [-0.25, -0.2) is 4.39 Å². The van der Waals surface area contributed by atoms with Crippen molar-refractivity contribution in [2.45, 2.75) is 12.6 Å². The van der Waals surface area contributed by atoms with Crippen LogP contribution in [0.25, 0.3) is 10.9 Å². The summed E-state index contributed by atoms with van der Waals surface area (Å²) in [6.07, 6.45) is 1.79. The number of hydrogen-bond donors (Lipinski definition) is 2. The van der Waals surface area contributed by atoms with Crippen molar-refractivity contribution in [3.05, 3.63) is 102 Å². The zero-order valence-electron chi connectivity index (χ0n) is 17.7. The summed E-state index contributed by atoms with van der Waals surface area (Å²) in [5, 5.41) is 4.15. The molecule has 32 heavy (non-hydrogen) atoms. The number of nitrogens with one attached hydrogen (secondary N) is 2. The van der Waals surface area contributed by atoms with Gasteiger partial charge in [0.1, 0.15) is 12.0 Å². The van der Waals surface area contributed by atoms with Crippen LogP contribution in [-0.4, -0.2) is 36.4 Å². The lowest BCUT2D eigenvalue weighted by molar-refractivity contribution is -0.121. The monoisotopic (exact) mass is 426 g/mol. The highest BCUT2D eigenvalue weighted by atomic mass is 19.1. The molecule has 1 aliphatic rings. The van der Waals surface area contributed by atoms with Crippen molar-refractivity contribution < 1.29 is 9.18 Å². The second kappa shape index (κ2) is 8.30. The Morgan fingerprint density at radius 3 is 2.62 bits per heavy atom. The van der Waals surface area contributed by atoms with Crippen molar-refractivity contribution in [2.75, 3.05) is 18.5 Å². The molecule has 5 nitrogen and oxygen atoms in total. The van der Waals surface area contributed by atoms with Crippen LogP contribution < -0.4 is 10.2 Å². The molecule has 1 unspecified atom stereocenters. The average molecular weight is 426 g/mol. The van der Waals surface area contributed by atoms with Crippen LogP contribution in [0.5, 0.6) is 0 Å². The van der Waals surface area contributed by atoms with Crippen LogP contribution in [0.4, 0.5) is 10.1 Å². The minimum Gasteiger partial charge on any atom is -0.361 e. The third-order valence-electron chi connectivity index (χ3n) is 5.91. The van der Waals surface area contributed by atoms with E-state index in [1.54, 1.807) is 18.2 Å². The molecular weight excluding hydrogens is 403 g/mol. The molecule has 0 fully saturated rings. The summed E-state index contributed by atoms with van der Waals surface area (Å²) in [7, 11) is 1.93. The molecule has 6 heteroatoms. The molecule has 2 heterocycles. The van der Waals surface area contributed by atoms with Crippen LogP contribution in [0, 0.1) is 5.82 Å². The van der Waals surface area contributed by atoms with Crippen LogP contribution in [0.15, 0.2) is 84.0 Å². The molecular formula is C26H23FN4O. The summed E-state index contributed by atoms with van der Waals surface area (Å²) in [5.74, 6) is -0.404. The first-order chi connectivity index (χ1) is 15.6. The van der Waals surface area contributed by atoms with Gasteiger partial charge in [-0.1, -0.05) is 48.5 Å². The maximum Gasteiger partial charge on any atom is 0.226 e. The lowest BCUT2D eigenvalue weighted by Gasteiger charge is -2.29. The van der Waals surface area contributed by atoms with Gasteiger partial charge in [0.15, 0.2) is 0 Å². The molecule has 1 amide bonds. The third-order valence-corrected chi connectivity index (χ3v) is 5.91. The van der Waals surface area contributed by atoms with E-state index in [1.807, 2.05) is 66.7 Å². The Morgan fingerprint density at radius 1 is 1.06 bits per heavy atom. The highest BCUT2D eigenvalue weighted by Gasteiger charge is 2.26. The van der Waals surface area contributed by atoms with Gasteiger partial charge in [-0.3, -0.25) is 9.79 Å². The predicted octanol–water partition coefficient (Wildman–Crippen LogP) is 4.28. The van der Waals surface area contributed by atoms with Gasteiger partial charge in [0.2, 0.25) is 5.91 Å². The largest absolute Gasteiger partial charge is 0.361 e. The summed E-state index contributed by atoms with van der Waals surface area (Å²) in [6.45, 7) is 0.314. The average Bonchev–Trinajstić information content (AvgIpc) is 3.16. The molecule has 2 N–H and O–H groups in total. The van der Waals surface area contributed by atoms with Crippen LogP contribution in [0.3, 0.4) is 0 Å². The fraction of sp³-hybridized carbons (Fsp3) is 0.154. The van der Waals surface area contributed by atoms with Gasteiger partial charge in [-0.2, -0.15) is 0 Å². The lowest BCUT2D eigenvalue weighted by Crippen LogP contribution is -2.48. The minimum absolute atomic E-state index is 0.0892. The number of hydrogen-bond acceptors (Lipinski definition) is 3. The zero-order valence-corrected chi connectivity index (χ0v) is 17.7. The molecule has 1 atom stereocenters. The number of halogens is 1. The highest BCUT2D eigenvalue weighted by Crippen LogP contribution is 2.28. The molecule has 0 radical (unpaired) electrons. The summed E-state index contributed by atoms with van der Waals surface area (Å²) in [5.41, 5.74) is 4.75. The number of rotatable bonds is 4. The molecule has 1 aliphatic heterocycles. The van der Waals surface area contributed by atoms with Gasteiger partial charge >= 0.3 is 0 Å². The molecule has 160 valence electrons. The van der Waals surface area contributed by atoms with E-state index in [2.05, 4.69) is 10.3 Å². The van der Waals surface area contributed by atoms with E-state index in [0.29, 0.717) is 17.8 Å². The number of amides is 1. The third kappa shape index (κ3) is 3.64. The summed E-state index contributed by atoms with van der Waals surface area (Å²) in [4.78, 5) is 22.9. The van der Waals surface area contributed by atoms with Crippen LogP contribution >= 0.6 is 0 Å². The zero-order chi connectivity index (χ0) is 22.1. The number of carbonyl (C=O) groups excluding carboxylic acids is 1. The van der Waals surface area contributed by atoms with Crippen molar-refractivity contribution in [3.63, 3.8) is 0 Å². The maximum absolute atomic E-state index is 14.6. The summed E-state index contributed by atoms with van der Waals surface area (Å²) < 4.78 is 14.6. The quantitative estimate of drug-likeness (QED) is 0.512.